The van der Waals surface area contributed by atoms with E-state index < -0.39 is 0 Å². The van der Waals surface area contributed by atoms with Crippen LogP contribution in [-0.2, 0) is 4.74 Å². The van der Waals surface area contributed by atoms with Gasteiger partial charge in [-0.3, -0.25) is 0 Å². The van der Waals surface area contributed by atoms with Crippen molar-refractivity contribution in [2.24, 2.45) is 0 Å². The second-order valence-electron chi connectivity index (χ2n) is 2.88. The van der Waals surface area contributed by atoms with Crippen LogP contribution in [0.15, 0.2) is 28.9 Å². The number of benzene rings is 1. The molecule has 0 spiro atoms. The Hall–Kier alpha value is -0.960. The molecule has 0 N–H and O–H groups in total. The molecule has 0 saturated carbocycles. The summed E-state index contributed by atoms with van der Waals surface area (Å²) in [5, 5.41) is 0. The van der Waals surface area contributed by atoms with E-state index in [0.29, 0.717) is 0 Å². The van der Waals surface area contributed by atoms with Gasteiger partial charge >= 0.3 is 0 Å². The molecule has 0 atom stereocenters. The largest absolute Gasteiger partial charge is 0.504 e. The summed E-state index contributed by atoms with van der Waals surface area (Å²) >= 11 is 3.39. The molecule has 3 heteroatoms. The molecule has 0 saturated heterocycles. The van der Waals surface area contributed by atoms with E-state index in [2.05, 4.69) is 15.9 Å². The molecular weight excluding hydrogens is 244 g/mol. The molecule has 0 unspecified atom stereocenters. The van der Waals surface area contributed by atoms with E-state index in [4.69, 9.17) is 9.47 Å². The SMILES string of the molecule is CO/C=C(\C)c1ccc(Br)cc1OC. The van der Waals surface area contributed by atoms with Crippen LogP contribution in [0.1, 0.15) is 12.5 Å². The summed E-state index contributed by atoms with van der Waals surface area (Å²) in [6.45, 7) is 1.98. The van der Waals surface area contributed by atoms with E-state index in [0.717, 1.165) is 21.4 Å². The van der Waals surface area contributed by atoms with E-state index in [1.807, 2.05) is 25.1 Å². The molecule has 0 aliphatic carbocycles. The number of hydrogen-bond donors (Lipinski definition) is 0. The standard InChI is InChI=1S/C11H13BrO2/c1-8(7-13-2)10-5-4-9(12)6-11(10)14-3/h4-7H,1-3H3/b8-7+. The molecule has 1 aromatic rings. The zero-order valence-electron chi connectivity index (χ0n) is 8.50. The van der Waals surface area contributed by atoms with Gasteiger partial charge in [0, 0.05) is 10.0 Å². The van der Waals surface area contributed by atoms with Gasteiger partial charge in [0.25, 0.3) is 0 Å². The van der Waals surface area contributed by atoms with E-state index in [9.17, 15) is 0 Å². The molecule has 1 aromatic carbocycles. The molecular formula is C11H13BrO2. The average Bonchev–Trinajstić information content (AvgIpc) is 2.17. The molecule has 0 bridgehead atoms. The third-order valence-corrected chi connectivity index (χ3v) is 2.38. The molecule has 0 aromatic heterocycles. The fourth-order valence-electron chi connectivity index (χ4n) is 1.23. The minimum Gasteiger partial charge on any atom is -0.504 e. The fraction of sp³-hybridized carbons (Fsp3) is 0.273. The van der Waals surface area contributed by atoms with Crippen molar-refractivity contribution in [3.8, 4) is 5.75 Å². The average molecular weight is 257 g/mol. The van der Waals surface area contributed by atoms with Crippen molar-refractivity contribution in [1.29, 1.82) is 0 Å². The molecule has 1 rings (SSSR count). The molecule has 0 heterocycles. The summed E-state index contributed by atoms with van der Waals surface area (Å²) in [7, 11) is 3.29. The maximum atomic E-state index is 5.27. The minimum atomic E-state index is 0.838. The van der Waals surface area contributed by atoms with Gasteiger partial charge in [0.2, 0.25) is 0 Å². The Labute approximate surface area is 92.7 Å². The fourth-order valence-corrected chi connectivity index (χ4v) is 1.57. The zero-order valence-corrected chi connectivity index (χ0v) is 10.1. The van der Waals surface area contributed by atoms with Crippen molar-refractivity contribution in [3.63, 3.8) is 0 Å². The van der Waals surface area contributed by atoms with Gasteiger partial charge in [0.05, 0.1) is 20.5 Å². The van der Waals surface area contributed by atoms with Crippen molar-refractivity contribution in [2.75, 3.05) is 14.2 Å². The molecule has 76 valence electrons. The lowest BCUT2D eigenvalue weighted by atomic mass is 10.1. The maximum Gasteiger partial charge on any atom is 0.127 e. The van der Waals surface area contributed by atoms with Crippen LogP contribution in [0.5, 0.6) is 5.75 Å². The summed E-state index contributed by atoms with van der Waals surface area (Å²) in [6, 6.07) is 5.90. The Morgan fingerprint density at radius 1 is 1.36 bits per heavy atom. The molecule has 0 aliphatic rings. The second kappa shape index (κ2) is 5.05. The molecule has 0 fully saturated rings. The number of halogens is 1. The van der Waals surface area contributed by atoms with Crippen molar-refractivity contribution in [3.05, 3.63) is 34.5 Å². The zero-order chi connectivity index (χ0) is 10.6. The minimum absolute atomic E-state index is 0.838. The molecule has 14 heavy (non-hydrogen) atoms. The van der Waals surface area contributed by atoms with Crippen LogP contribution in [0.3, 0.4) is 0 Å². The first kappa shape index (κ1) is 11.1. The Balaban J connectivity index is 3.14. The first-order valence-electron chi connectivity index (χ1n) is 4.22. The van der Waals surface area contributed by atoms with E-state index in [-0.39, 0.29) is 0 Å². The van der Waals surface area contributed by atoms with Crippen molar-refractivity contribution in [2.45, 2.75) is 6.92 Å². The normalized spacial score (nSPS) is 11.3. The van der Waals surface area contributed by atoms with Gasteiger partial charge in [-0.05, 0) is 30.7 Å². The van der Waals surface area contributed by atoms with E-state index in [1.165, 1.54) is 0 Å². The molecule has 2 nitrogen and oxygen atoms in total. The van der Waals surface area contributed by atoms with Crippen LogP contribution in [0.4, 0.5) is 0 Å². The molecule has 0 amide bonds. The highest BCUT2D eigenvalue weighted by atomic mass is 79.9. The van der Waals surface area contributed by atoms with Crippen LogP contribution in [0, 0.1) is 0 Å². The number of allylic oxidation sites excluding steroid dienone is 1. The van der Waals surface area contributed by atoms with Gasteiger partial charge in [-0.2, -0.15) is 0 Å². The summed E-state index contributed by atoms with van der Waals surface area (Å²) in [4.78, 5) is 0. The Kier molecular flexibility index (Phi) is 4.01. The number of rotatable bonds is 3. The predicted octanol–water partition coefficient (Wildman–Crippen LogP) is 3.46. The predicted molar refractivity (Wildman–Crippen MR) is 61.4 cm³/mol. The lowest BCUT2D eigenvalue weighted by Gasteiger charge is -2.08. The van der Waals surface area contributed by atoms with Gasteiger partial charge in [0.1, 0.15) is 5.75 Å². The van der Waals surface area contributed by atoms with Crippen LogP contribution in [0.2, 0.25) is 0 Å². The lowest BCUT2D eigenvalue weighted by molar-refractivity contribution is 0.339. The summed E-state index contributed by atoms with van der Waals surface area (Å²) in [6.07, 6.45) is 1.70. The lowest BCUT2D eigenvalue weighted by Crippen LogP contribution is -1.90. The van der Waals surface area contributed by atoms with Gasteiger partial charge in [0.15, 0.2) is 0 Å². The smallest absolute Gasteiger partial charge is 0.127 e. The van der Waals surface area contributed by atoms with E-state index >= 15 is 0 Å². The topological polar surface area (TPSA) is 18.5 Å². The monoisotopic (exact) mass is 256 g/mol. The molecule has 0 aliphatic heterocycles. The van der Waals surface area contributed by atoms with Crippen molar-refractivity contribution < 1.29 is 9.47 Å². The summed E-state index contributed by atoms with van der Waals surface area (Å²) in [5.74, 6) is 0.838. The number of hydrogen-bond acceptors (Lipinski definition) is 2. The van der Waals surface area contributed by atoms with Crippen LogP contribution < -0.4 is 4.74 Å². The number of ether oxygens (including phenoxy) is 2. The second-order valence-corrected chi connectivity index (χ2v) is 3.80. The Bertz CT molecular complexity index is 345. The first-order chi connectivity index (χ1) is 6.69. The Morgan fingerprint density at radius 2 is 2.07 bits per heavy atom. The quantitative estimate of drug-likeness (QED) is 0.772. The van der Waals surface area contributed by atoms with Gasteiger partial charge in [-0.25, -0.2) is 0 Å². The summed E-state index contributed by atoms with van der Waals surface area (Å²) < 4.78 is 11.2. The molecule has 0 radical (unpaired) electrons. The van der Waals surface area contributed by atoms with Crippen LogP contribution >= 0.6 is 15.9 Å². The van der Waals surface area contributed by atoms with E-state index in [1.54, 1.807) is 20.5 Å². The maximum absolute atomic E-state index is 5.27. The number of methoxy groups -OCH3 is 2. The highest BCUT2D eigenvalue weighted by Gasteiger charge is 2.05. The van der Waals surface area contributed by atoms with Gasteiger partial charge in [-0.1, -0.05) is 15.9 Å². The highest BCUT2D eigenvalue weighted by Crippen LogP contribution is 2.28. The van der Waals surface area contributed by atoms with Crippen molar-refractivity contribution >= 4 is 21.5 Å². The summed E-state index contributed by atoms with van der Waals surface area (Å²) in [5.41, 5.74) is 2.08. The third kappa shape index (κ3) is 2.51. The first-order valence-corrected chi connectivity index (χ1v) is 5.02. The van der Waals surface area contributed by atoms with Crippen LogP contribution in [-0.4, -0.2) is 14.2 Å². The third-order valence-electron chi connectivity index (χ3n) is 1.88. The van der Waals surface area contributed by atoms with Crippen LogP contribution in [0.25, 0.3) is 5.57 Å². The van der Waals surface area contributed by atoms with Crippen molar-refractivity contribution in [1.82, 2.24) is 0 Å². The highest BCUT2D eigenvalue weighted by molar-refractivity contribution is 9.10. The van der Waals surface area contributed by atoms with Gasteiger partial charge < -0.3 is 9.47 Å². The van der Waals surface area contributed by atoms with Gasteiger partial charge in [-0.15, -0.1) is 0 Å². The Morgan fingerprint density at radius 3 is 2.64 bits per heavy atom.